The summed E-state index contributed by atoms with van der Waals surface area (Å²) in [6, 6.07) is 29.2. The monoisotopic (exact) mass is 476 g/mol. The molecular formula is C26H24N2O3S2. The molecule has 0 bridgehead atoms. The van der Waals surface area contributed by atoms with Crippen LogP contribution in [0.5, 0.6) is 0 Å². The third-order valence-corrected chi connectivity index (χ3v) is 7.77. The summed E-state index contributed by atoms with van der Waals surface area (Å²) < 4.78 is 28.5. The van der Waals surface area contributed by atoms with Crippen molar-refractivity contribution in [1.29, 1.82) is 0 Å². The number of hydrogen-bond acceptors (Lipinski definition) is 4. The molecule has 0 radical (unpaired) electrons. The van der Waals surface area contributed by atoms with E-state index in [0.717, 1.165) is 22.1 Å². The van der Waals surface area contributed by atoms with Gasteiger partial charge in [-0.1, -0.05) is 66.7 Å². The fourth-order valence-corrected chi connectivity index (χ4v) is 5.28. The maximum absolute atomic E-state index is 12.9. The quantitative estimate of drug-likeness (QED) is 0.332. The lowest BCUT2D eigenvalue weighted by atomic mass is 10.1. The first-order valence-electron chi connectivity index (χ1n) is 10.5. The highest BCUT2D eigenvalue weighted by Crippen LogP contribution is 2.26. The van der Waals surface area contributed by atoms with Crippen LogP contribution in [0.25, 0.3) is 10.8 Å². The van der Waals surface area contributed by atoms with Gasteiger partial charge in [0.2, 0.25) is 5.91 Å². The van der Waals surface area contributed by atoms with Gasteiger partial charge in [-0.25, -0.2) is 8.42 Å². The Bertz CT molecular complexity index is 1350. The molecule has 4 aromatic carbocycles. The Kier molecular flexibility index (Phi) is 7.01. The Morgan fingerprint density at radius 3 is 2.27 bits per heavy atom. The van der Waals surface area contributed by atoms with E-state index in [0.29, 0.717) is 11.4 Å². The normalized spacial score (nSPS) is 12.3. The lowest BCUT2D eigenvalue weighted by Gasteiger charge is -2.13. The van der Waals surface area contributed by atoms with Crippen molar-refractivity contribution in [1.82, 2.24) is 0 Å². The highest BCUT2D eigenvalue weighted by atomic mass is 32.2. The number of benzene rings is 4. The number of rotatable bonds is 8. The second kappa shape index (κ2) is 10.1. The zero-order valence-corrected chi connectivity index (χ0v) is 19.7. The highest BCUT2D eigenvalue weighted by Gasteiger charge is 2.17. The van der Waals surface area contributed by atoms with Gasteiger partial charge in [0.1, 0.15) is 0 Å². The third kappa shape index (κ3) is 5.74. The zero-order valence-electron chi connectivity index (χ0n) is 18.1. The van der Waals surface area contributed by atoms with Gasteiger partial charge < -0.3 is 5.32 Å². The Morgan fingerprint density at radius 1 is 0.848 bits per heavy atom. The van der Waals surface area contributed by atoms with E-state index in [9.17, 15) is 13.2 Å². The van der Waals surface area contributed by atoms with Gasteiger partial charge in [0.25, 0.3) is 10.0 Å². The van der Waals surface area contributed by atoms with E-state index < -0.39 is 10.0 Å². The topological polar surface area (TPSA) is 75.3 Å². The predicted octanol–water partition coefficient (Wildman–Crippen LogP) is 5.90. The summed E-state index contributed by atoms with van der Waals surface area (Å²) in [7, 11) is -3.77. The molecule has 4 rings (SSSR count). The Morgan fingerprint density at radius 2 is 1.52 bits per heavy atom. The van der Waals surface area contributed by atoms with E-state index in [-0.39, 0.29) is 16.1 Å². The van der Waals surface area contributed by atoms with E-state index in [1.807, 2.05) is 73.7 Å². The van der Waals surface area contributed by atoms with Gasteiger partial charge in [-0.3, -0.25) is 9.52 Å². The lowest BCUT2D eigenvalue weighted by Crippen LogP contribution is -2.22. The van der Waals surface area contributed by atoms with Gasteiger partial charge in [0.15, 0.2) is 0 Å². The fourth-order valence-electron chi connectivity index (χ4n) is 3.35. The minimum Gasteiger partial charge on any atom is -0.325 e. The van der Waals surface area contributed by atoms with Crippen LogP contribution in [0, 0.1) is 0 Å². The van der Waals surface area contributed by atoms with Crippen LogP contribution in [0.1, 0.15) is 12.5 Å². The summed E-state index contributed by atoms with van der Waals surface area (Å²) in [6.07, 6.45) is 0. The van der Waals surface area contributed by atoms with Gasteiger partial charge in [-0.15, -0.1) is 11.8 Å². The number of amides is 1. The molecule has 5 nitrogen and oxygen atoms in total. The molecule has 1 amide bonds. The van der Waals surface area contributed by atoms with Crippen LogP contribution in [0.15, 0.2) is 102 Å². The molecule has 0 aliphatic carbocycles. The molecule has 0 unspecified atom stereocenters. The second-order valence-electron chi connectivity index (χ2n) is 7.58. The van der Waals surface area contributed by atoms with Crippen LogP contribution < -0.4 is 10.0 Å². The molecule has 2 N–H and O–H groups in total. The van der Waals surface area contributed by atoms with Crippen LogP contribution in [0.3, 0.4) is 0 Å². The van der Waals surface area contributed by atoms with Crippen molar-refractivity contribution >= 4 is 49.8 Å². The summed E-state index contributed by atoms with van der Waals surface area (Å²) in [6.45, 7) is 1.86. The minimum atomic E-state index is -3.77. The van der Waals surface area contributed by atoms with Gasteiger partial charge in [0, 0.05) is 16.8 Å². The van der Waals surface area contributed by atoms with Crippen molar-refractivity contribution in [2.75, 3.05) is 10.0 Å². The number of nitrogens with one attached hydrogen (secondary N) is 2. The Hall–Kier alpha value is -3.29. The van der Waals surface area contributed by atoms with E-state index in [2.05, 4.69) is 10.0 Å². The maximum Gasteiger partial charge on any atom is 0.261 e. The van der Waals surface area contributed by atoms with E-state index in [4.69, 9.17) is 0 Å². The van der Waals surface area contributed by atoms with Crippen molar-refractivity contribution < 1.29 is 13.2 Å². The molecule has 0 saturated heterocycles. The molecule has 0 heterocycles. The molecular weight excluding hydrogens is 452 g/mol. The standard InChI is InChI=1S/C26H24N2O3S2/c1-19(32-18-20-8-3-2-4-9-20)26(29)27-22-14-16-23(17-15-22)33(30,31)28-25-13-7-11-21-10-5-6-12-24(21)25/h2-17,19,28H,18H2,1H3,(H,27,29)/t19-/m1/s1. The Labute approximate surface area is 198 Å². The van der Waals surface area contributed by atoms with Crippen LogP contribution in [-0.4, -0.2) is 19.6 Å². The predicted molar refractivity (Wildman–Crippen MR) is 137 cm³/mol. The highest BCUT2D eigenvalue weighted by molar-refractivity contribution is 7.99. The molecule has 0 saturated carbocycles. The van der Waals surface area contributed by atoms with Crippen molar-refractivity contribution in [3.05, 3.63) is 103 Å². The van der Waals surface area contributed by atoms with Crippen molar-refractivity contribution in [3.8, 4) is 0 Å². The van der Waals surface area contributed by atoms with Gasteiger partial charge in [0.05, 0.1) is 15.8 Å². The van der Waals surface area contributed by atoms with Gasteiger partial charge >= 0.3 is 0 Å². The number of carbonyl (C=O) groups excluding carboxylic acids is 1. The average Bonchev–Trinajstić information content (AvgIpc) is 2.83. The molecule has 4 aromatic rings. The fraction of sp³-hybridized carbons (Fsp3) is 0.115. The van der Waals surface area contributed by atoms with Crippen LogP contribution in [0.2, 0.25) is 0 Å². The van der Waals surface area contributed by atoms with E-state index in [1.54, 1.807) is 30.0 Å². The lowest BCUT2D eigenvalue weighted by molar-refractivity contribution is -0.115. The van der Waals surface area contributed by atoms with Crippen LogP contribution >= 0.6 is 11.8 Å². The third-order valence-electron chi connectivity index (χ3n) is 5.18. The van der Waals surface area contributed by atoms with Crippen molar-refractivity contribution in [2.24, 2.45) is 0 Å². The average molecular weight is 477 g/mol. The molecule has 0 fully saturated rings. The van der Waals surface area contributed by atoms with Gasteiger partial charge in [-0.2, -0.15) is 0 Å². The smallest absolute Gasteiger partial charge is 0.261 e. The first-order valence-corrected chi connectivity index (χ1v) is 13.0. The number of fused-ring (bicyclic) bond motifs is 1. The van der Waals surface area contributed by atoms with E-state index >= 15 is 0 Å². The minimum absolute atomic E-state index is 0.125. The number of carbonyl (C=O) groups is 1. The van der Waals surface area contributed by atoms with Crippen molar-refractivity contribution in [2.45, 2.75) is 22.8 Å². The summed E-state index contributed by atoms with van der Waals surface area (Å²) >= 11 is 1.55. The number of anilines is 2. The van der Waals surface area contributed by atoms with E-state index in [1.165, 1.54) is 12.1 Å². The van der Waals surface area contributed by atoms with Crippen LogP contribution in [-0.2, 0) is 20.6 Å². The number of hydrogen-bond donors (Lipinski definition) is 2. The molecule has 0 aromatic heterocycles. The summed E-state index contributed by atoms with van der Waals surface area (Å²) in [5.74, 6) is 0.618. The second-order valence-corrected chi connectivity index (χ2v) is 10.6. The molecule has 0 spiro atoms. The first-order chi connectivity index (χ1) is 15.9. The Balaban J connectivity index is 1.40. The molecule has 1 atom stereocenters. The molecule has 33 heavy (non-hydrogen) atoms. The molecule has 0 aliphatic heterocycles. The summed E-state index contributed by atoms with van der Waals surface area (Å²) in [5, 5.41) is 4.39. The summed E-state index contributed by atoms with van der Waals surface area (Å²) in [5.41, 5.74) is 2.24. The first kappa shape index (κ1) is 22.9. The largest absolute Gasteiger partial charge is 0.325 e. The van der Waals surface area contributed by atoms with Gasteiger partial charge in [-0.05, 0) is 48.2 Å². The zero-order chi connectivity index (χ0) is 23.3. The van der Waals surface area contributed by atoms with Crippen LogP contribution in [0.4, 0.5) is 11.4 Å². The molecule has 168 valence electrons. The SMILES string of the molecule is C[C@@H](SCc1ccccc1)C(=O)Nc1ccc(S(=O)(=O)Nc2cccc3ccccc23)cc1. The maximum atomic E-state index is 12.9. The number of sulfonamides is 1. The molecule has 7 heteroatoms. The number of thioether (sulfide) groups is 1. The molecule has 0 aliphatic rings. The summed E-state index contributed by atoms with van der Waals surface area (Å²) in [4.78, 5) is 12.6. The van der Waals surface area contributed by atoms with Crippen molar-refractivity contribution in [3.63, 3.8) is 0 Å².